The summed E-state index contributed by atoms with van der Waals surface area (Å²) in [6, 6.07) is 7.22. The molecule has 0 amide bonds. The highest BCUT2D eigenvalue weighted by atomic mass is 19.4. The lowest BCUT2D eigenvalue weighted by Gasteiger charge is -2.13. The Morgan fingerprint density at radius 3 is 2.41 bits per heavy atom. The summed E-state index contributed by atoms with van der Waals surface area (Å²) in [5, 5.41) is 0. The number of hydrogen-bond acceptors (Lipinski definition) is 7. The molecule has 6 rings (SSSR count). The van der Waals surface area contributed by atoms with Crippen LogP contribution in [0.3, 0.4) is 0 Å². The normalized spacial score (nSPS) is 13.9. The number of ether oxygens (including phenoxy) is 1. The van der Waals surface area contributed by atoms with Crippen molar-refractivity contribution in [2.45, 2.75) is 64.7 Å². The quantitative estimate of drug-likeness (QED) is 0.221. The molecule has 0 bridgehead atoms. The van der Waals surface area contributed by atoms with Crippen molar-refractivity contribution in [3.05, 3.63) is 65.8 Å². The minimum Gasteiger partial charge on any atom is -0.480 e. The molecule has 4 aromatic heterocycles. The fourth-order valence-electron chi connectivity index (χ4n) is 5.01. The first kappa shape index (κ1) is 26.9. The molecule has 1 aromatic carbocycles. The maximum absolute atomic E-state index is 13.4. The minimum absolute atomic E-state index is 0.180. The minimum atomic E-state index is -4.51. The maximum Gasteiger partial charge on any atom is 0.434 e. The number of aromatic nitrogens is 8. The Hall–Kier alpha value is -4.35. The van der Waals surface area contributed by atoms with E-state index in [0.717, 1.165) is 36.1 Å². The van der Waals surface area contributed by atoms with E-state index in [2.05, 4.69) is 19.9 Å². The molecule has 1 aliphatic carbocycles. The number of nitrogens with zero attached hydrogens (tertiary/aromatic N) is 8. The van der Waals surface area contributed by atoms with Crippen molar-refractivity contribution in [1.29, 1.82) is 0 Å². The Morgan fingerprint density at radius 2 is 1.78 bits per heavy atom. The summed E-state index contributed by atoms with van der Waals surface area (Å²) < 4.78 is 49.3. The first-order valence-electron chi connectivity index (χ1n) is 13.5. The number of aryl methyl sites for hydroxylation is 1. The first-order chi connectivity index (χ1) is 19.7. The van der Waals surface area contributed by atoms with Crippen LogP contribution in [0, 0.1) is 0 Å². The molecular weight excluding hydrogens is 533 g/mol. The maximum atomic E-state index is 13.4. The molecule has 1 aliphatic rings. The monoisotopic (exact) mass is 562 g/mol. The third-order valence-corrected chi connectivity index (χ3v) is 7.24. The van der Waals surface area contributed by atoms with Crippen LogP contribution < -0.4 is 4.74 Å². The average molecular weight is 563 g/mol. The lowest BCUT2D eigenvalue weighted by atomic mass is 10.1. The molecule has 0 atom stereocenters. The van der Waals surface area contributed by atoms with Gasteiger partial charge in [-0.25, -0.2) is 29.9 Å². The van der Waals surface area contributed by atoms with Gasteiger partial charge < -0.3 is 13.9 Å². The zero-order valence-electron chi connectivity index (χ0n) is 23.1. The van der Waals surface area contributed by atoms with Gasteiger partial charge in [0.1, 0.15) is 29.1 Å². The molecule has 0 spiro atoms. The molecular formula is C29H29F3N8O. The average Bonchev–Trinajstić information content (AvgIpc) is 3.60. The number of methoxy groups -OCH3 is 1. The van der Waals surface area contributed by atoms with Crippen molar-refractivity contribution >= 4 is 11.2 Å². The summed E-state index contributed by atoms with van der Waals surface area (Å²) in [6.07, 6.45) is 2.57. The van der Waals surface area contributed by atoms with Crippen LogP contribution in [0.15, 0.2) is 43.0 Å². The van der Waals surface area contributed by atoms with E-state index in [4.69, 9.17) is 14.7 Å². The molecule has 212 valence electrons. The second-order valence-electron chi connectivity index (χ2n) is 10.4. The highest BCUT2D eigenvalue weighted by molar-refractivity contribution is 5.76. The van der Waals surface area contributed by atoms with Crippen molar-refractivity contribution in [1.82, 2.24) is 39.0 Å². The highest BCUT2D eigenvalue weighted by Gasteiger charge is 2.35. The van der Waals surface area contributed by atoms with Crippen LogP contribution in [0.2, 0.25) is 0 Å². The fraction of sp³-hybridized carbons (Fsp3) is 0.379. The third kappa shape index (κ3) is 5.02. The summed E-state index contributed by atoms with van der Waals surface area (Å²) in [7, 11) is 1.57. The van der Waals surface area contributed by atoms with Gasteiger partial charge in [-0.15, -0.1) is 0 Å². The zero-order chi connectivity index (χ0) is 28.9. The number of imidazole rings is 2. The van der Waals surface area contributed by atoms with Crippen LogP contribution in [0.5, 0.6) is 5.88 Å². The van der Waals surface area contributed by atoms with Gasteiger partial charge in [-0.1, -0.05) is 31.2 Å². The highest BCUT2D eigenvalue weighted by Crippen LogP contribution is 2.45. The number of benzene rings is 1. The summed E-state index contributed by atoms with van der Waals surface area (Å²) in [5.41, 5.74) is 3.59. The van der Waals surface area contributed by atoms with E-state index in [-0.39, 0.29) is 11.9 Å². The first-order valence-corrected chi connectivity index (χ1v) is 13.5. The molecule has 41 heavy (non-hydrogen) atoms. The van der Waals surface area contributed by atoms with Gasteiger partial charge in [-0.2, -0.15) is 13.2 Å². The largest absolute Gasteiger partial charge is 0.480 e. The standard InChI is InChI=1S/C29H29F3N8O/c1-5-22-36-20-12-33-25(23-24(18-10-11-18)34-15-35-28(23)41-4)38-27(20)40(22)13-17-6-8-19(9-7-17)26-37-21(29(30,31)32)14-39(26)16(2)3/h6-9,12,14-16,18H,5,10-11,13H2,1-4H3. The molecule has 1 fully saturated rings. The Balaban J connectivity index is 1.37. The van der Waals surface area contributed by atoms with Gasteiger partial charge in [-0.3, -0.25) is 0 Å². The molecule has 12 heteroatoms. The lowest BCUT2D eigenvalue weighted by Crippen LogP contribution is -2.07. The van der Waals surface area contributed by atoms with E-state index in [1.807, 2.05) is 37.5 Å². The molecule has 0 N–H and O–H groups in total. The van der Waals surface area contributed by atoms with Crippen molar-refractivity contribution in [2.75, 3.05) is 7.11 Å². The van der Waals surface area contributed by atoms with E-state index in [1.165, 1.54) is 6.33 Å². The van der Waals surface area contributed by atoms with E-state index in [0.29, 0.717) is 52.9 Å². The van der Waals surface area contributed by atoms with Crippen molar-refractivity contribution < 1.29 is 17.9 Å². The Bertz CT molecular complexity index is 1720. The van der Waals surface area contributed by atoms with E-state index in [1.54, 1.807) is 30.0 Å². The topological polar surface area (TPSA) is 96.4 Å². The van der Waals surface area contributed by atoms with Gasteiger partial charge in [0.2, 0.25) is 5.88 Å². The molecule has 0 unspecified atom stereocenters. The van der Waals surface area contributed by atoms with Gasteiger partial charge in [0.25, 0.3) is 0 Å². The van der Waals surface area contributed by atoms with E-state index in [9.17, 15) is 13.2 Å². The lowest BCUT2D eigenvalue weighted by molar-refractivity contribution is -0.140. The fourth-order valence-corrected chi connectivity index (χ4v) is 5.01. The number of fused-ring (bicyclic) bond motifs is 1. The Labute approximate surface area is 234 Å². The Kier molecular flexibility index (Phi) is 6.71. The second kappa shape index (κ2) is 10.2. The van der Waals surface area contributed by atoms with Crippen molar-refractivity contribution in [2.24, 2.45) is 0 Å². The molecule has 0 radical (unpaired) electrons. The van der Waals surface area contributed by atoms with Crippen LogP contribution in [0.4, 0.5) is 13.2 Å². The predicted octanol–water partition coefficient (Wildman–Crippen LogP) is 6.24. The molecule has 4 heterocycles. The third-order valence-electron chi connectivity index (χ3n) is 7.24. The molecule has 5 aromatic rings. The van der Waals surface area contributed by atoms with Gasteiger partial charge in [0, 0.05) is 30.1 Å². The number of alkyl halides is 3. The SMILES string of the molecule is CCc1nc2cnc(-c3c(OC)ncnc3C3CC3)nc2n1Cc1ccc(-c2nc(C(F)(F)F)cn2C(C)C)cc1. The predicted molar refractivity (Wildman–Crippen MR) is 146 cm³/mol. The van der Waals surface area contributed by atoms with Gasteiger partial charge in [0.05, 0.1) is 25.5 Å². The van der Waals surface area contributed by atoms with E-state index < -0.39 is 11.9 Å². The molecule has 9 nitrogen and oxygen atoms in total. The van der Waals surface area contributed by atoms with Crippen LogP contribution in [-0.2, 0) is 19.1 Å². The van der Waals surface area contributed by atoms with Crippen molar-refractivity contribution in [3.8, 4) is 28.7 Å². The molecule has 1 saturated carbocycles. The number of hydrogen-bond donors (Lipinski definition) is 0. The van der Waals surface area contributed by atoms with Crippen LogP contribution in [-0.4, -0.2) is 46.1 Å². The summed E-state index contributed by atoms with van der Waals surface area (Å²) in [5.74, 6) is 2.39. The van der Waals surface area contributed by atoms with Crippen LogP contribution in [0.25, 0.3) is 33.9 Å². The summed E-state index contributed by atoms with van der Waals surface area (Å²) in [6.45, 7) is 6.16. The smallest absolute Gasteiger partial charge is 0.434 e. The Morgan fingerprint density at radius 1 is 1.02 bits per heavy atom. The van der Waals surface area contributed by atoms with E-state index >= 15 is 0 Å². The summed E-state index contributed by atoms with van der Waals surface area (Å²) >= 11 is 0. The van der Waals surface area contributed by atoms with Gasteiger partial charge >= 0.3 is 6.18 Å². The van der Waals surface area contributed by atoms with Gasteiger partial charge in [-0.05, 0) is 32.3 Å². The van der Waals surface area contributed by atoms with Gasteiger partial charge in [0.15, 0.2) is 17.2 Å². The van der Waals surface area contributed by atoms with Crippen molar-refractivity contribution in [3.63, 3.8) is 0 Å². The summed E-state index contributed by atoms with van der Waals surface area (Å²) in [4.78, 5) is 27.0. The second-order valence-corrected chi connectivity index (χ2v) is 10.4. The molecule has 0 saturated heterocycles. The zero-order valence-corrected chi connectivity index (χ0v) is 23.1. The molecule has 0 aliphatic heterocycles. The van der Waals surface area contributed by atoms with Crippen LogP contribution >= 0.6 is 0 Å². The van der Waals surface area contributed by atoms with Crippen LogP contribution in [0.1, 0.15) is 68.3 Å². The number of rotatable bonds is 8. The number of halogens is 3.